The first-order valence-corrected chi connectivity index (χ1v) is 4.20. The lowest BCUT2D eigenvalue weighted by molar-refractivity contribution is -0.114. The molecule has 2 N–H and O–H groups in total. The molecule has 0 atom stereocenters. The number of carbonyl (C=O) groups excluding carboxylic acids is 1. The molecular weight excluding hydrogens is 180 g/mol. The second-order valence-corrected chi connectivity index (χ2v) is 2.95. The van der Waals surface area contributed by atoms with E-state index < -0.39 is 0 Å². The molecule has 1 aromatic rings. The van der Waals surface area contributed by atoms with Crippen molar-refractivity contribution in [3.63, 3.8) is 0 Å². The Morgan fingerprint density at radius 2 is 2.14 bits per heavy atom. The van der Waals surface area contributed by atoms with Crippen LogP contribution in [0.25, 0.3) is 0 Å². The summed E-state index contributed by atoms with van der Waals surface area (Å²) < 4.78 is 0. The van der Waals surface area contributed by atoms with Gasteiger partial charge in [-0.15, -0.1) is 0 Å². The van der Waals surface area contributed by atoms with Gasteiger partial charge < -0.3 is 10.5 Å². The van der Waals surface area contributed by atoms with Crippen molar-refractivity contribution in [1.29, 1.82) is 0 Å². The van der Waals surface area contributed by atoms with E-state index in [4.69, 9.17) is 5.21 Å². The van der Waals surface area contributed by atoms with Gasteiger partial charge in [0.05, 0.1) is 5.71 Å². The van der Waals surface area contributed by atoms with Gasteiger partial charge in [0.15, 0.2) is 0 Å². The summed E-state index contributed by atoms with van der Waals surface area (Å²) in [4.78, 5) is 10.8. The molecule has 0 radical (unpaired) electrons. The first-order chi connectivity index (χ1) is 6.63. The van der Waals surface area contributed by atoms with Crippen molar-refractivity contribution in [2.45, 2.75) is 13.8 Å². The Morgan fingerprint density at radius 1 is 1.43 bits per heavy atom. The molecule has 14 heavy (non-hydrogen) atoms. The molecule has 0 saturated heterocycles. The molecule has 1 aromatic carbocycles. The summed E-state index contributed by atoms with van der Waals surface area (Å²) in [6.45, 7) is 3.13. The molecule has 0 aliphatic rings. The third-order valence-corrected chi connectivity index (χ3v) is 1.75. The number of rotatable bonds is 2. The Kier molecular flexibility index (Phi) is 3.23. The van der Waals surface area contributed by atoms with Crippen molar-refractivity contribution in [2.24, 2.45) is 5.16 Å². The van der Waals surface area contributed by atoms with E-state index >= 15 is 0 Å². The predicted molar refractivity (Wildman–Crippen MR) is 54.7 cm³/mol. The van der Waals surface area contributed by atoms with Crippen LogP contribution in [0.2, 0.25) is 0 Å². The van der Waals surface area contributed by atoms with Crippen LogP contribution in [0, 0.1) is 0 Å². The number of carbonyl (C=O) groups is 1. The van der Waals surface area contributed by atoms with E-state index in [1.165, 1.54) is 6.92 Å². The third kappa shape index (κ3) is 2.58. The Labute approximate surface area is 82.2 Å². The van der Waals surface area contributed by atoms with Crippen LogP contribution in [0.5, 0.6) is 0 Å². The van der Waals surface area contributed by atoms with Crippen molar-refractivity contribution in [2.75, 3.05) is 5.32 Å². The number of nitrogens with zero attached hydrogens (tertiary/aromatic N) is 1. The van der Waals surface area contributed by atoms with Gasteiger partial charge in [0.1, 0.15) is 0 Å². The molecule has 0 heterocycles. The average molecular weight is 192 g/mol. The Bertz CT molecular complexity index is 372. The minimum Gasteiger partial charge on any atom is -0.411 e. The fraction of sp³-hybridized carbons (Fsp3) is 0.200. The Hall–Kier alpha value is -1.84. The number of benzene rings is 1. The summed E-state index contributed by atoms with van der Waals surface area (Å²) in [6, 6.07) is 7.11. The van der Waals surface area contributed by atoms with Crippen molar-refractivity contribution < 1.29 is 10.0 Å². The lowest BCUT2D eigenvalue weighted by atomic mass is 10.1. The van der Waals surface area contributed by atoms with Crippen molar-refractivity contribution in [3.8, 4) is 0 Å². The standard InChI is InChI=1S/C10H12N2O2/c1-7(12-14)9-4-3-5-10(6-9)11-8(2)13/h3-6,14H,1-2H3,(H,11,13)/b12-7+. The van der Waals surface area contributed by atoms with Crippen LogP contribution in [-0.4, -0.2) is 16.8 Å². The third-order valence-electron chi connectivity index (χ3n) is 1.75. The molecule has 0 spiro atoms. The average Bonchev–Trinajstić information content (AvgIpc) is 2.16. The normalized spacial score (nSPS) is 11.1. The van der Waals surface area contributed by atoms with Gasteiger partial charge in [-0.05, 0) is 19.1 Å². The second-order valence-electron chi connectivity index (χ2n) is 2.95. The lowest BCUT2D eigenvalue weighted by Crippen LogP contribution is -2.06. The van der Waals surface area contributed by atoms with E-state index in [2.05, 4.69) is 10.5 Å². The summed E-state index contributed by atoms with van der Waals surface area (Å²) in [5, 5.41) is 14.3. The van der Waals surface area contributed by atoms with Crippen LogP contribution in [0.3, 0.4) is 0 Å². The van der Waals surface area contributed by atoms with Crippen LogP contribution in [0.1, 0.15) is 19.4 Å². The maximum absolute atomic E-state index is 10.8. The second kappa shape index (κ2) is 4.41. The summed E-state index contributed by atoms with van der Waals surface area (Å²) in [7, 11) is 0. The molecule has 0 aliphatic carbocycles. The molecule has 0 saturated carbocycles. The molecule has 74 valence electrons. The van der Waals surface area contributed by atoms with Gasteiger partial charge in [0, 0.05) is 18.2 Å². The van der Waals surface area contributed by atoms with E-state index in [9.17, 15) is 4.79 Å². The van der Waals surface area contributed by atoms with E-state index in [1.807, 2.05) is 0 Å². The first-order valence-electron chi connectivity index (χ1n) is 4.20. The predicted octanol–water partition coefficient (Wildman–Crippen LogP) is 1.84. The van der Waals surface area contributed by atoms with Gasteiger partial charge in [-0.1, -0.05) is 17.3 Å². The van der Waals surface area contributed by atoms with Crippen molar-refractivity contribution in [3.05, 3.63) is 29.8 Å². The van der Waals surface area contributed by atoms with Gasteiger partial charge in [-0.3, -0.25) is 4.79 Å². The number of nitrogens with one attached hydrogen (secondary N) is 1. The van der Waals surface area contributed by atoms with Gasteiger partial charge in [-0.2, -0.15) is 0 Å². The van der Waals surface area contributed by atoms with Crippen molar-refractivity contribution >= 4 is 17.3 Å². The minimum absolute atomic E-state index is 0.124. The van der Waals surface area contributed by atoms with Gasteiger partial charge in [0.2, 0.25) is 5.91 Å². The number of anilines is 1. The molecule has 0 unspecified atom stereocenters. The lowest BCUT2D eigenvalue weighted by Gasteiger charge is -2.04. The quantitative estimate of drug-likeness (QED) is 0.426. The first kappa shape index (κ1) is 10.2. The molecule has 0 fully saturated rings. The Balaban J connectivity index is 2.95. The number of hydrogen-bond donors (Lipinski definition) is 2. The van der Waals surface area contributed by atoms with Gasteiger partial charge >= 0.3 is 0 Å². The molecular formula is C10H12N2O2. The van der Waals surface area contributed by atoms with Crippen LogP contribution >= 0.6 is 0 Å². The highest BCUT2D eigenvalue weighted by Crippen LogP contribution is 2.11. The maximum atomic E-state index is 10.8. The largest absolute Gasteiger partial charge is 0.411 e. The summed E-state index contributed by atoms with van der Waals surface area (Å²) in [5.74, 6) is -0.124. The molecule has 0 bridgehead atoms. The number of amides is 1. The SMILES string of the molecule is CC(=O)Nc1cccc(/C(C)=N/O)c1. The summed E-state index contributed by atoms with van der Waals surface area (Å²) >= 11 is 0. The van der Waals surface area contributed by atoms with Crippen LogP contribution in [0.15, 0.2) is 29.4 Å². The van der Waals surface area contributed by atoms with Crippen molar-refractivity contribution in [1.82, 2.24) is 0 Å². The molecule has 4 nitrogen and oxygen atoms in total. The smallest absolute Gasteiger partial charge is 0.221 e. The zero-order chi connectivity index (χ0) is 10.6. The van der Waals surface area contributed by atoms with Crippen LogP contribution in [-0.2, 0) is 4.79 Å². The van der Waals surface area contributed by atoms with E-state index in [0.717, 1.165) is 5.56 Å². The number of oxime groups is 1. The van der Waals surface area contributed by atoms with E-state index in [0.29, 0.717) is 11.4 Å². The minimum atomic E-state index is -0.124. The van der Waals surface area contributed by atoms with Crippen LogP contribution < -0.4 is 5.32 Å². The number of hydrogen-bond acceptors (Lipinski definition) is 3. The molecule has 4 heteroatoms. The fourth-order valence-electron chi connectivity index (χ4n) is 1.08. The fourth-order valence-corrected chi connectivity index (χ4v) is 1.08. The maximum Gasteiger partial charge on any atom is 0.221 e. The van der Waals surface area contributed by atoms with E-state index in [1.54, 1.807) is 31.2 Å². The van der Waals surface area contributed by atoms with Crippen LogP contribution in [0.4, 0.5) is 5.69 Å². The molecule has 0 aliphatic heterocycles. The van der Waals surface area contributed by atoms with Gasteiger partial charge in [0.25, 0.3) is 0 Å². The highest BCUT2D eigenvalue weighted by molar-refractivity contribution is 5.99. The molecule has 1 rings (SSSR count). The zero-order valence-corrected chi connectivity index (χ0v) is 8.11. The molecule has 1 amide bonds. The topological polar surface area (TPSA) is 61.7 Å². The Morgan fingerprint density at radius 3 is 2.71 bits per heavy atom. The zero-order valence-electron chi connectivity index (χ0n) is 8.11. The highest BCUT2D eigenvalue weighted by atomic mass is 16.4. The summed E-state index contributed by atoms with van der Waals surface area (Å²) in [6.07, 6.45) is 0. The van der Waals surface area contributed by atoms with Gasteiger partial charge in [-0.25, -0.2) is 0 Å². The monoisotopic (exact) mass is 192 g/mol. The molecule has 0 aromatic heterocycles. The van der Waals surface area contributed by atoms with E-state index in [-0.39, 0.29) is 5.91 Å². The summed E-state index contributed by atoms with van der Waals surface area (Å²) in [5.41, 5.74) is 1.98. The highest BCUT2D eigenvalue weighted by Gasteiger charge is 2.00.